The Morgan fingerprint density at radius 1 is 1.31 bits per heavy atom. The van der Waals surface area contributed by atoms with Gasteiger partial charge in [-0.3, -0.25) is 9.59 Å². The molecule has 1 aliphatic rings. The number of carbonyl (C=O) groups is 2. The standard InChI is InChI=1S/C12H16Cl2O2/c1-6(2)4-8-9(14)5-10(15)11(7(3)13)12(8)16/h5-8,11H,4H2,1-3H3. The van der Waals surface area contributed by atoms with Crippen molar-refractivity contribution in [2.24, 2.45) is 17.8 Å². The summed E-state index contributed by atoms with van der Waals surface area (Å²) in [7, 11) is 0. The normalized spacial score (nSPS) is 28.2. The minimum Gasteiger partial charge on any atom is -0.298 e. The molecule has 90 valence electrons. The molecule has 4 heteroatoms. The molecule has 0 aromatic heterocycles. The number of allylic oxidation sites excluding steroid dienone is 2. The van der Waals surface area contributed by atoms with E-state index in [2.05, 4.69) is 0 Å². The molecular formula is C12H16Cl2O2. The third-order valence-corrected chi connectivity index (χ3v) is 3.36. The van der Waals surface area contributed by atoms with E-state index < -0.39 is 11.3 Å². The average Bonchev–Trinajstić information content (AvgIpc) is 2.10. The monoisotopic (exact) mass is 262 g/mol. The summed E-state index contributed by atoms with van der Waals surface area (Å²) in [5.41, 5.74) is 0. The Bertz CT molecular complexity index is 332. The quantitative estimate of drug-likeness (QED) is 0.579. The lowest BCUT2D eigenvalue weighted by Gasteiger charge is -2.27. The largest absolute Gasteiger partial charge is 0.298 e. The molecule has 0 spiro atoms. The molecule has 3 unspecified atom stereocenters. The van der Waals surface area contributed by atoms with Crippen molar-refractivity contribution in [2.45, 2.75) is 32.6 Å². The molecule has 1 aliphatic carbocycles. The third-order valence-electron chi connectivity index (χ3n) is 2.74. The van der Waals surface area contributed by atoms with E-state index in [0.717, 1.165) is 0 Å². The molecule has 0 N–H and O–H groups in total. The van der Waals surface area contributed by atoms with Gasteiger partial charge < -0.3 is 0 Å². The zero-order valence-electron chi connectivity index (χ0n) is 9.67. The smallest absolute Gasteiger partial charge is 0.168 e. The maximum atomic E-state index is 12.1. The van der Waals surface area contributed by atoms with Gasteiger partial charge in [-0.15, -0.1) is 11.6 Å². The second-order valence-electron chi connectivity index (χ2n) is 4.67. The number of Topliss-reactive ketones (excluding diaryl/α,β-unsaturated/α-hetero) is 1. The fourth-order valence-electron chi connectivity index (χ4n) is 1.97. The van der Waals surface area contributed by atoms with Crippen LogP contribution in [0, 0.1) is 17.8 Å². The van der Waals surface area contributed by atoms with Gasteiger partial charge in [0.2, 0.25) is 0 Å². The molecule has 1 rings (SSSR count). The molecule has 0 heterocycles. The highest BCUT2D eigenvalue weighted by molar-refractivity contribution is 6.36. The summed E-state index contributed by atoms with van der Waals surface area (Å²) in [6.45, 7) is 5.71. The van der Waals surface area contributed by atoms with Gasteiger partial charge in [-0.1, -0.05) is 25.4 Å². The fourth-order valence-corrected chi connectivity index (χ4v) is 2.52. The van der Waals surface area contributed by atoms with Crippen molar-refractivity contribution < 1.29 is 9.59 Å². The van der Waals surface area contributed by atoms with Gasteiger partial charge in [0.1, 0.15) is 0 Å². The van der Waals surface area contributed by atoms with Crippen LogP contribution in [0.5, 0.6) is 0 Å². The predicted octanol–water partition coefficient (Wildman–Crippen LogP) is 3.17. The Morgan fingerprint density at radius 2 is 1.88 bits per heavy atom. The number of halogens is 2. The van der Waals surface area contributed by atoms with Gasteiger partial charge in [0, 0.05) is 10.4 Å². The first-order valence-electron chi connectivity index (χ1n) is 5.43. The lowest BCUT2D eigenvalue weighted by Crippen LogP contribution is -2.38. The molecule has 0 bridgehead atoms. The van der Waals surface area contributed by atoms with Crippen molar-refractivity contribution in [3.05, 3.63) is 11.1 Å². The van der Waals surface area contributed by atoms with Crippen molar-refractivity contribution in [1.29, 1.82) is 0 Å². The van der Waals surface area contributed by atoms with Crippen LogP contribution in [0.2, 0.25) is 0 Å². The van der Waals surface area contributed by atoms with Crippen molar-refractivity contribution in [2.75, 3.05) is 0 Å². The van der Waals surface area contributed by atoms with Crippen LogP contribution in [0.15, 0.2) is 11.1 Å². The minimum absolute atomic E-state index is 0.131. The first-order chi connectivity index (χ1) is 7.34. The summed E-state index contributed by atoms with van der Waals surface area (Å²) in [6, 6.07) is 0. The Kier molecular flexibility index (Phi) is 4.57. The molecular weight excluding hydrogens is 247 g/mol. The molecule has 0 aromatic rings. The highest BCUT2D eigenvalue weighted by Gasteiger charge is 2.40. The van der Waals surface area contributed by atoms with Crippen LogP contribution in [0.25, 0.3) is 0 Å². The number of carbonyl (C=O) groups excluding carboxylic acids is 2. The van der Waals surface area contributed by atoms with Gasteiger partial charge in [-0.05, 0) is 25.3 Å². The molecule has 0 radical (unpaired) electrons. The van der Waals surface area contributed by atoms with Crippen LogP contribution < -0.4 is 0 Å². The molecule has 2 nitrogen and oxygen atoms in total. The first-order valence-corrected chi connectivity index (χ1v) is 6.24. The van der Waals surface area contributed by atoms with Crippen LogP contribution in [-0.4, -0.2) is 16.9 Å². The van der Waals surface area contributed by atoms with Crippen molar-refractivity contribution >= 4 is 34.8 Å². The molecule has 16 heavy (non-hydrogen) atoms. The Morgan fingerprint density at radius 3 is 2.31 bits per heavy atom. The average molecular weight is 263 g/mol. The Balaban J connectivity index is 2.99. The van der Waals surface area contributed by atoms with E-state index in [9.17, 15) is 9.59 Å². The van der Waals surface area contributed by atoms with Crippen molar-refractivity contribution in [3.63, 3.8) is 0 Å². The number of ketones is 2. The first kappa shape index (κ1) is 13.7. The van der Waals surface area contributed by atoms with Gasteiger partial charge in [-0.2, -0.15) is 0 Å². The van der Waals surface area contributed by atoms with Gasteiger partial charge in [0.05, 0.1) is 11.8 Å². The van der Waals surface area contributed by atoms with E-state index in [1.165, 1.54) is 6.08 Å². The van der Waals surface area contributed by atoms with Crippen LogP contribution in [-0.2, 0) is 9.59 Å². The van der Waals surface area contributed by atoms with E-state index in [1.807, 2.05) is 13.8 Å². The Hall–Kier alpha value is -0.340. The minimum atomic E-state index is -0.729. The van der Waals surface area contributed by atoms with Gasteiger partial charge in [0.25, 0.3) is 0 Å². The summed E-state index contributed by atoms with van der Waals surface area (Å²) in [4.78, 5) is 23.7. The summed E-state index contributed by atoms with van der Waals surface area (Å²) in [5, 5.41) is -0.118. The van der Waals surface area contributed by atoms with Gasteiger partial charge >= 0.3 is 0 Å². The third kappa shape index (κ3) is 2.86. The lowest BCUT2D eigenvalue weighted by atomic mass is 9.79. The van der Waals surface area contributed by atoms with Crippen molar-refractivity contribution in [3.8, 4) is 0 Å². The van der Waals surface area contributed by atoms with Crippen LogP contribution in [0.1, 0.15) is 27.2 Å². The van der Waals surface area contributed by atoms with Crippen molar-refractivity contribution in [1.82, 2.24) is 0 Å². The van der Waals surface area contributed by atoms with E-state index in [-0.39, 0.29) is 17.5 Å². The molecule has 0 fully saturated rings. The Labute approximate surface area is 106 Å². The maximum absolute atomic E-state index is 12.1. The zero-order chi connectivity index (χ0) is 12.5. The van der Waals surface area contributed by atoms with Crippen LogP contribution >= 0.6 is 23.2 Å². The van der Waals surface area contributed by atoms with E-state index >= 15 is 0 Å². The molecule has 0 amide bonds. The number of hydrogen-bond donors (Lipinski definition) is 0. The molecule has 0 saturated heterocycles. The fraction of sp³-hybridized carbons (Fsp3) is 0.667. The van der Waals surface area contributed by atoms with E-state index in [1.54, 1.807) is 6.92 Å². The molecule has 0 saturated carbocycles. The molecule has 3 atom stereocenters. The van der Waals surface area contributed by atoms with E-state index in [0.29, 0.717) is 17.4 Å². The van der Waals surface area contributed by atoms with Gasteiger partial charge in [-0.25, -0.2) is 0 Å². The zero-order valence-corrected chi connectivity index (χ0v) is 11.2. The highest BCUT2D eigenvalue weighted by atomic mass is 35.5. The number of rotatable bonds is 3. The topological polar surface area (TPSA) is 34.1 Å². The summed E-state index contributed by atoms with van der Waals surface area (Å²) in [6.07, 6.45) is 2.03. The number of alkyl halides is 1. The van der Waals surface area contributed by atoms with Gasteiger partial charge in [0.15, 0.2) is 11.6 Å². The summed E-state index contributed by atoms with van der Waals surface area (Å²) < 4.78 is 0. The second-order valence-corrected chi connectivity index (χ2v) is 5.80. The highest BCUT2D eigenvalue weighted by Crippen LogP contribution is 2.33. The van der Waals surface area contributed by atoms with E-state index in [4.69, 9.17) is 23.2 Å². The van der Waals surface area contributed by atoms with Crippen LogP contribution in [0.3, 0.4) is 0 Å². The lowest BCUT2D eigenvalue weighted by molar-refractivity contribution is -0.133. The number of hydrogen-bond acceptors (Lipinski definition) is 2. The summed E-state index contributed by atoms with van der Waals surface area (Å²) in [5.74, 6) is -1.12. The maximum Gasteiger partial charge on any atom is 0.168 e. The molecule has 0 aliphatic heterocycles. The molecule has 0 aromatic carbocycles. The predicted molar refractivity (Wildman–Crippen MR) is 65.7 cm³/mol. The second kappa shape index (κ2) is 5.33. The summed E-state index contributed by atoms with van der Waals surface area (Å²) >= 11 is 11.8. The van der Waals surface area contributed by atoms with Crippen LogP contribution in [0.4, 0.5) is 0 Å². The SMILES string of the molecule is CC(C)CC1C(=O)C(C(C)Cl)C(=O)C=C1Cl.